The van der Waals surface area contributed by atoms with E-state index in [0.717, 1.165) is 59.2 Å². The summed E-state index contributed by atoms with van der Waals surface area (Å²) in [7, 11) is 3.28. The number of halogens is 1. The predicted molar refractivity (Wildman–Crippen MR) is 296 cm³/mol. The van der Waals surface area contributed by atoms with Gasteiger partial charge in [0.05, 0.1) is 20.3 Å². The number of fused-ring (bicyclic) bond motifs is 2. The van der Waals surface area contributed by atoms with Crippen molar-refractivity contribution in [3.05, 3.63) is 215 Å². The molecule has 8 aromatic rings. The number of nitrogens with zero attached hydrogens (tertiary/aromatic N) is 1. The average molecular weight is 1020 g/mol. The second-order valence-electron chi connectivity index (χ2n) is 19.3. The van der Waals surface area contributed by atoms with Gasteiger partial charge in [-0.2, -0.15) is 0 Å². The zero-order valence-electron chi connectivity index (χ0n) is 41.6. The molecular weight excluding hydrogens is 961 g/mol. The van der Waals surface area contributed by atoms with Crippen LogP contribution in [-0.2, 0) is 30.4 Å². The van der Waals surface area contributed by atoms with Crippen LogP contribution in [0.2, 0.25) is 0 Å². The Morgan fingerprint density at radius 3 is 1.43 bits per heavy atom. The van der Waals surface area contributed by atoms with E-state index in [4.69, 9.17) is 14.2 Å². The molecule has 8 aromatic carbocycles. The van der Waals surface area contributed by atoms with E-state index < -0.39 is 5.60 Å². The van der Waals surface area contributed by atoms with E-state index in [1.807, 2.05) is 49.9 Å². The fourth-order valence-electron chi connectivity index (χ4n) is 9.73. The van der Waals surface area contributed by atoms with E-state index in [1.165, 1.54) is 44.5 Å². The van der Waals surface area contributed by atoms with Crippen LogP contribution in [-0.4, -0.2) is 54.1 Å². The first-order valence-electron chi connectivity index (χ1n) is 24.4. The molecule has 0 bridgehead atoms. The molecule has 0 radical (unpaired) electrons. The maximum Gasteiger partial charge on any atom is 0.410 e. The average Bonchev–Trinajstić information content (AvgIpc) is 3.39. The number of nitrogens with one attached hydrogen (secondary N) is 1. The molecule has 0 aliphatic carbocycles. The number of benzene rings is 8. The van der Waals surface area contributed by atoms with Crippen molar-refractivity contribution >= 4 is 23.1 Å². The number of amides is 1. The van der Waals surface area contributed by atoms with Crippen molar-refractivity contribution in [3.63, 3.8) is 0 Å². The van der Waals surface area contributed by atoms with Crippen LogP contribution in [0.1, 0.15) is 66.2 Å². The molecule has 0 spiro atoms. The maximum atomic E-state index is 13.3. The van der Waals surface area contributed by atoms with Crippen LogP contribution in [0.4, 0.5) is 4.79 Å². The molecule has 2 unspecified atom stereocenters. The third-order valence-corrected chi connectivity index (χ3v) is 13.5. The van der Waals surface area contributed by atoms with Crippen molar-refractivity contribution in [1.82, 2.24) is 10.2 Å². The highest BCUT2D eigenvalue weighted by atomic mass is 79.9. The molecular formula is C63H63BrN2O6. The third kappa shape index (κ3) is 12.0. The van der Waals surface area contributed by atoms with Crippen LogP contribution in [0.25, 0.3) is 44.5 Å². The van der Waals surface area contributed by atoms with Gasteiger partial charge in [-0.05, 0) is 155 Å². The summed E-state index contributed by atoms with van der Waals surface area (Å²) >= 11 is 0. The summed E-state index contributed by atoms with van der Waals surface area (Å²) in [4.78, 5) is 15.2. The Balaban J connectivity index is 0.000000196. The molecule has 2 aliphatic rings. The Bertz CT molecular complexity index is 3060. The maximum absolute atomic E-state index is 13.3. The zero-order chi connectivity index (χ0) is 49.5. The zero-order valence-corrected chi connectivity index (χ0v) is 43.3. The molecule has 0 aromatic heterocycles. The fourth-order valence-corrected chi connectivity index (χ4v) is 9.73. The van der Waals surface area contributed by atoms with Gasteiger partial charge >= 0.3 is 6.09 Å². The fraction of sp³-hybridized carbons (Fsp3) is 0.222. The first-order valence-corrected chi connectivity index (χ1v) is 24.4. The Kier molecular flexibility index (Phi) is 16.2. The van der Waals surface area contributed by atoms with Crippen LogP contribution in [0.15, 0.2) is 182 Å². The molecule has 0 fully saturated rings. The summed E-state index contributed by atoms with van der Waals surface area (Å²) in [5, 5.41) is 23.3. The molecule has 0 saturated carbocycles. The van der Waals surface area contributed by atoms with Gasteiger partial charge in [-0.1, -0.05) is 158 Å². The third-order valence-electron chi connectivity index (χ3n) is 13.5. The van der Waals surface area contributed by atoms with Crippen LogP contribution in [0, 0.1) is 0 Å². The van der Waals surface area contributed by atoms with Crippen molar-refractivity contribution < 1.29 is 29.2 Å². The summed E-state index contributed by atoms with van der Waals surface area (Å²) in [5.41, 5.74) is 15.8. The van der Waals surface area contributed by atoms with Gasteiger partial charge in [-0.25, -0.2) is 4.79 Å². The van der Waals surface area contributed by atoms with Crippen LogP contribution in [0.5, 0.6) is 23.0 Å². The molecule has 72 heavy (non-hydrogen) atoms. The number of phenolic OH excluding ortho intramolecular Hbond substituents is 2. The van der Waals surface area contributed by atoms with Crippen molar-refractivity contribution in [1.29, 1.82) is 0 Å². The Morgan fingerprint density at radius 2 is 0.958 bits per heavy atom. The van der Waals surface area contributed by atoms with Crippen molar-refractivity contribution in [2.24, 2.45) is 0 Å². The van der Waals surface area contributed by atoms with Crippen LogP contribution < -0.4 is 14.8 Å². The van der Waals surface area contributed by atoms with Gasteiger partial charge in [0.15, 0.2) is 23.0 Å². The number of hydrogen-bond acceptors (Lipinski definition) is 7. The summed E-state index contributed by atoms with van der Waals surface area (Å²) in [6, 6.07) is 62.9. The highest BCUT2D eigenvalue weighted by molar-refractivity contribution is 8.93. The normalized spacial score (nSPS) is 14.9. The highest BCUT2D eigenvalue weighted by Gasteiger charge is 2.35. The molecule has 10 rings (SSSR count). The molecule has 368 valence electrons. The molecule has 2 atom stereocenters. The second-order valence-corrected chi connectivity index (χ2v) is 19.3. The van der Waals surface area contributed by atoms with E-state index in [2.05, 4.69) is 151 Å². The van der Waals surface area contributed by atoms with Crippen LogP contribution >= 0.6 is 17.0 Å². The van der Waals surface area contributed by atoms with Crippen molar-refractivity contribution in [2.75, 3.05) is 27.3 Å². The number of carbonyl (C=O) groups excluding carboxylic acids is 1. The molecule has 2 heterocycles. The molecule has 9 heteroatoms. The minimum atomic E-state index is -0.572. The minimum Gasteiger partial charge on any atom is -0.504 e. The predicted octanol–water partition coefficient (Wildman–Crippen LogP) is 14.6. The SMILES string of the molecule is Br.COc1cc2c(cc1OC)C(Cc1ccc(-c3ccc(-c4ccccc4)cc3)cc1)N(C(=O)OC(C)(C)C)CC2.Oc1cc2c(cc1O)C(Cc1ccc(-c3ccc(-c4ccccc4)cc3)cc1)NCC2. The Morgan fingerprint density at radius 1 is 0.542 bits per heavy atom. The van der Waals surface area contributed by atoms with Crippen molar-refractivity contribution in [3.8, 4) is 67.5 Å². The first-order chi connectivity index (χ1) is 34.4. The van der Waals surface area contributed by atoms with Gasteiger partial charge in [0.2, 0.25) is 0 Å². The highest BCUT2D eigenvalue weighted by Crippen LogP contribution is 2.41. The standard InChI is InChI=1S/C35H37NO4.C28H25NO2.BrH/c1-35(2,3)40-34(37)36-20-19-29-22-32(38-4)33(39-5)23-30(29)31(36)21-24-11-13-26(14-12-24)28-17-15-27(16-18-28)25-9-7-6-8-10-25;30-27-17-24-14-15-29-26(25(24)18-28(27)31)16-19-6-8-21(9-7-19)23-12-10-22(11-13-23)20-4-2-1-3-5-20;/h6-18,22-23,31H,19-21H2,1-5H3;1-13,17-18,26,29-31H,14-16H2;1H. The smallest absolute Gasteiger partial charge is 0.410 e. The summed E-state index contributed by atoms with van der Waals surface area (Å²) < 4.78 is 17.0. The van der Waals surface area contributed by atoms with Gasteiger partial charge < -0.3 is 34.6 Å². The summed E-state index contributed by atoms with van der Waals surface area (Å²) in [6.07, 6.45) is 2.79. The lowest BCUT2D eigenvalue weighted by Crippen LogP contribution is -2.43. The number of phenols is 2. The minimum absolute atomic E-state index is 0. The molecule has 2 aliphatic heterocycles. The van der Waals surface area contributed by atoms with E-state index in [-0.39, 0.29) is 46.7 Å². The van der Waals surface area contributed by atoms with Crippen molar-refractivity contribution in [2.45, 2.75) is 64.1 Å². The first kappa shape index (κ1) is 51.0. The van der Waals surface area contributed by atoms with E-state index >= 15 is 0 Å². The van der Waals surface area contributed by atoms with Gasteiger partial charge in [-0.15, -0.1) is 17.0 Å². The lowest BCUT2D eigenvalue weighted by atomic mass is 9.88. The number of rotatable bonds is 10. The summed E-state index contributed by atoms with van der Waals surface area (Å²) in [5.74, 6) is 1.27. The van der Waals surface area contributed by atoms with E-state index in [1.54, 1.807) is 26.4 Å². The summed E-state index contributed by atoms with van der Waals surface area (Å²) in [6.45, 7) is 7.14. The Hall–Kier alpha value is -7.33. The molecule has 0 saturated heterocycles. The van der Waals surface area contributed by atoms with E-state index in [9.17, 15) is 15.0 Å². The van der Waals surface area contributed by atoms with Gasteiger partial charge in [-0.3, -0.25) is 0 Å². The number of hydrogen-bond donors (Lipinski definition) is 3. The molecule has 8 nitrogen and oxygen atoms in total. The lowest BCUT2D eigenvalue weighted by Gasteiger charge is -2.38. The number of carbonyl (C=O) groups is 1. The molecule has 3 N–H and O–H groups in total. The van der Waals surface area contributed by atoms with E-state index in [0.29, 0.717) is 24.5 Å². The van der Waals surface area contributed by atoms with Crippen LogP contribution in [0.3, 0.4) is 0 Å². The number of methoxy groups -OCH3 is 2. The topological polar surface area (TPSA) is 100 Å². The van der Waals surface area contributed by atoms with Gasteiger partial charge in [0, 0.05) is 12.6 Å². The van der Waals surface area contributed by atoms with Gasteiger partial charge in [0.1, 0.15) is 5.60 Å². The molecule has 1 amide bonds. The Labute approximate surface area is 434 Å². The number of aromatic hydroxyl groups is 2. The quantitative estimate of drug-likeness (QED) is 0.117. The lowest BCUT2D eigenvalue weighted by molar-refractivity contribution is 0.0141. The largest absolute Gasteiger partial charge is 0.504 e. The van der Waals surface area contributed by atoms with Gasteiger partial charge in [0.25, 0.3) is 0 Å². The second kappa shape index (κ2) is 22.8. The monoisotopic (exact) mass is 1020 g/mol. The number of ether oxygens (including phenoxy) is 3.